The normalized spacial score (nSPS) is 12.7. The molecule has 1 N–H and O–H groups in total. The van der Waals surface area contributed by atoms with E-state index in [1.54, 1.807) is 31.2 Å². The predicted molar refractivity (Wildman–Crippen MR) is 135 cm³/mol. The van der Waals surface area contributed by atoms with Crippen LogP contribution in [0.2, 0.25) is 0 Å². The van der Waals surface area contributed by atoms with Gasteiger partial charge in [-0.1, -0.05) is 40.2 Å². The van der Waals surface area contributed by atoms with Gasteiger partial charge in [0.15, 0.2) is 0 Å². The molecule has 1 atom stereocenters. The number of nitrogens with one attached hydrogen (secondary N) is 1. The van der Waals surface area contributed by atoms with Gasteiger partial charge in [0.1, 0.15) is 12.6 Å². The fourth-order valence-corrected chi connectivity index (χ4v) is 4.36. The van der Waals surface area contributed by atoms with Crippen LogP contribution in [0.1, 0.15) is 38.8 Å². The van der Waals surface area contributed by atoms with E-state index in [4.69, 9.17) is 0 Å². The molecule has 0 saturated heterocycles. The smallest absolute Gasteiger partial charge is 0.244 e. The van der Waals surface area contributed by atoms with Gasteiger partial charge in [-0.2, -0.15) is 0 Å². The highest BCUT2D eigenvalue weighted by atomic mass is 79.9. The monoisotopic (exact) mass is 537 g/mol. The van der Waals surface area contributed by atoms with E-state index in [2.05, 4.69) is 21.2 Å². The standard InChI is InChI=1S/C24H32BrN3O4S/c1-17-9-7-8-10-19(17)15-27(18(2)23(30)26-24(3,4)5)22(29)16-28(33(6,31)32)21-13-11-20(25)12-14-21/h7-14,18H,15-16H2,1-6H3,(H,26,30)/t18-/m1/s1. The SMILES string of the molecule is Cc1ccccc1CN(C(=O)CN(c1ccc(Br)cc1)S(C)(=O)=O)[C@H](C)C(=O)NC(C)(C)C. The fourth-order valence-electron chi connectivity index (χ4n) is 3.25. The first-order valence-electron chi connectivity index (χ1n) is 10.6. The minimum absolute atomic E-state index is 0.183. The molecule has 0 aromatic heterocycles. The summed E-state index contributed by atoms with van der Waals surface area (Å²) in [6.07, 6.45) is 1.06. The van der Waals surface area contributed by atoms with Gasteiger partial charge in [0.05, 0.1) is 11.9 Å². The van der Waals surface area contributed by atoms with Crippen LogP contribution in [-0.4, -0.2) is 49.5 Å². The van der Waals surface area contributed by atoms with E-state index in [0.717, 1.165) is 26.2 Å². The number of hydrogen-bond acceptors (Lipinski definition) is 4. The molecule has 2 aromatic rings. The Kier molecular flexibility index (Phi) is 8.70. The number of amides is 2. The van der Waals surface area contributed by atoms with Crippen LogP contribution >= 0.6 is 15.9 Å². The lowest BCUT2D eigenvalue weighted by atomic mass is 10.1. The number of halogens is 1. The molecule has 2 amide bonds. The minimum Gasteiger partial charge on any atom is -0.350 e. The molecule has 0 unspecified atom stereocenters. The van der Waals surface area contributed by atoms with Crippen LogP contribution in [0, 0.1) is 6.92 Å². The Balaban J connectivity index is 2.41. The molecule has 0 bridgehead atoms. The van der Waals surface area contributed by atoms with Gasteiger partial charge in [-0.15, -0.1) is 0 Å². The van der Waals surface area contributed by atoms with Gasteiger partial charge in [0.2, 0.25) is 21.8 Å². The molecule has 0 heterocycles. The van der Waals surface area contributed by atoms with E-state index in [1.807, 2.05) is 52.0 Å². The fraction of sp³-hybridized carbons (Fsp3) is 0.417. The summed E-state index contributed by atoms with van der Waals surface area (Å²) in [7, 11) is -3.75. The first-order chi connectivity index (χ1) is 15.2. The average molecular weight is 539 g/mol. The average Bonchev–Trinajstić information content (AvgIpc) is 2.69. The first-order valence-corrected chi connectivity index (χ1v) is 13.2. The van der Waals surface area contributed by atoms with Crippen LogP contribution in [0.4, 0.5) is 5.69 Å². The molecular weight excluding hydrogens is 506 g/mol. The van der Waals surface area contributed by atoms with Gasteiger partial charge in [0, 0.05) is 16.6 Å². The second-order valence-electron chi connectivity index (χ2n) is 9.11. The van der Waals surface area contributed by atoms with Gasteiger partial charge in [-0.3, -0.25) is 13.9 Å². The Morgan fingerprint density at radius 3 is 2.15 bits per heavy atom. The molecule has 9 heteroatoms. The van der Waals surface area contributed by atoms with Gasteiger partial charge >= 0.3 is 0 Å². The zero-order valence-corrected chi connectivity index (χ0v) is 22.3. The Morgan fingerprint density at radius 1 is 1.06 bits per heavy atom. The number of aryl methyl sites for hydroxylation is 1. The number of hydrogen-bond donors (Lipinski definition) is 1. The Bertz CT molecular complexity index is 1100. The lowest BCUT2D eigenvalue weighted by Gasteiger charge is -2.33. The van der Waals surface area contributed by atoms with Gasteiger partial charge in [-0.05, 0) is 70.0 Å². The van der Waals surface area contributed by atoms with Crippen LogP contribution in [0.5, 0.6) is 0 Å². The molecule has 2 aromatic carbocycles. The van der Waals surface area contributed by atoms with Crippen molar-refractivity contribution < 1.29 is 18.0 Å². The third kappa shape index (κ3) is 7.85. The third-order valence-corrected chi connectivity index (χ3v) is 6.73. The second kappa shape index (κ2) is 10.7. The van der Waals surface area contributed by atoms with E-state index < -0.39 is 34.1 Å². The molecule has 33 heavy (non-hydrogen) atoms. The summed E-state index contributed by atoms with van der Waals surface area (Å²) in [5.41, 5.74) is 1.76. The van der Waals surface area contributed by atoms with Crippen LogP contribution in [-0.2, 0) is 26.2 Å². The molecule has 0 fully saturated rings. The molecule has 0 aliphatic heterocycles. The highest BCUT2D eigenvalue weighted by Crippen LogP contribution is 2.22. The molecule has 0 saturated carbocycles. The van der Waals surface area contributed by atoms with Crippen molar-refractivity contribution >= 4 is 43.5 Å². The van der Waals surface area contributed by atoms with Crippen LogP contribution in [0.25, 0.3) is 0 Å². The lowest BCUT2D eigenvalue weighted by Crippen LogP contribution is -2.54. The van der Waals surface area contributed by atoms with Gasteiger partial charge in [-0.25, -0.2) is 8.42 Å². The number of nitrogens with zero attached hydrogens (tertiary/aromatic N) is 2. The molecule has 180 valence electrons. The van der Waals surface area contributed by atoms with E-state index in [0.29, 0.717) is 5.69 Å². The highest BCUT2D eigenvalue weighted by Gasteiger charge is 2.31. The Labute approximate surface area is 205 Å². The summed E-state index contributed by atoms with van der Waals surface area (Å²) >= 11 is 3.33. The predicted octanol–water partition coefficient (Wildman–Crippen LogP) is 3.86. The molecular formula is C24H32BrN3O4S. The zero-order valence-electron chi connectivity index (χ0n) is 19.9. The van der Waals surface area contributed by atoms with Gasteiger partial charge in [0.25, 0.3) is 0 Å². The second-order valence-corrected chi connectivity index (χ2v) is 11.9. The first kappa shape index (κ1) is 26.9. The maximum absolute atomic E-state index is 13.5. The molecule has 2 rings (SSSR count). The maximum Gasteiger partial charge on any atom is 0.244 e. The highest BCUT2D eigenvalue weighted by molar-refractivity contribution is 9.10. The van der Waals surface area contributed by atoms with E-state index in [9.17, 15) is 18.0 Å². The van der Waals surface area contributed by atoms with Crippen molar-refractivity contribution in [3.8, 4) is 0 Å². The quantitative estimate of drug-likeness (QED) is 0.553. The number of carbonyl (C=O) groups is 2. The number of rotatable bonds is 8. The summed E-state index contributed by atoms with van der Waals surface area (Å²) in [6.45, 7) is 8.95. The minimum atomic E-state index is -3.75. The zero-order chi connectivity index (χ0) is 25.0. The van der Waals surface area contributed by atoms with E-state index in [-0.39, 0.29) is 12.5 Å². The summed E-state index contributed by atoms with van der Waals surface area (Å²) in [4.78, 5) is 27.9. The van der Waals surface area contributed by atoms with Crippen molar-refractivity contribution in [3.63, 3.8) is 0 Å². The summed E-state index contributed by atoms with van der Waals surface area (Å²) < 4.78 is 26.9. The number of sulfonamides is 1. The Morgan fingerprint density at radius 2 is 1.64 bits per heavy atom. The van der Waals surface area contributed by atoms with Crippen LogP contribution in [0.3, 0.4) is 0 Å². The topological polar surface area (TPSA) is 86.8 Å². The van der Waals surface area contributed by atoms with Crippen LogP contribution < -0.4 is 9.62 Å². The molecule has 0 radical (unpaired) electrons. The molecule has 0 aliphatic carbocycles. The summed E-state index contributed by atoms with van der Waals surface area (Å²) in [6, 6.07) is 13.5. The summed E-state index contributed by atoms with van der Waals surface area (Å²) in [5.74, 6) is -0.776. The lowest BCUT2D eigenvalue weighted by molar-refractivity contribution is -0.140. The largest absolute Gasteiger partial charge is 0.350 e. The van der Waals surface area contributed by atoms with Crippen LogP contribution in [0.15, 0.2) is 53.0 Å². The Hall–Kier alpha value is -2.39. The van der Waals surface area contributed by atoms with Crippen molar-refractivity contribution in [1.29, 1.82) is 0 Å². The van der Waals surface area contributed by atoms with Crippen molar-refractivity contribution in [2.75, 3.05) is 17.1 Å². The summed E-state index contributed by atoms with van der Waals surface area (Å²) in [5, 5.41) is 2.91. The number of benzene rings is 2. The van der Waals surface area contributed by atoms with Crippen molar-refractivity contribution in [3.05, 3.63) is 64.1 Å². The van der Waals surface area contributed by atoms with Crippen molar-refractivity contribution in [2.45, 2.75) is 52.7 Å². The molecule has 7 nitrogen and oxygen atoms in total. The van der Waals surface area contributed by atoms with Gasteiger partial charge < -0.3 is 10.2 Å². The van der Waals surface area contributed by atoms with Crippen molar-refractivity contribution in [2.24, 2.45) is 0 Å². The third-order valence-electron chi connectivity index (χ3n) is 5.06. The number of carbonyl (C=O) groups excluding carboxylic acids is 2. The van der Waals surface area contributed by atoms with E-state index in [1.165, 1.54) is 4.90 Å². The number of anilines is 1. The molecule has 0 aliphatic rings. The maximum atomic E-state index is 13.5. The van der Waals surface area contributed by atoms with E-state index >= 15 is 0 Å². The van der Waals surface area contributed by atoms with Crippen molar-refractivity contribution in [1.82, 2.24) is 10.2 Å². The molecule has 0 spiro atoms.